The van der Waals surface area contributed by atoms with Crippen LogP contribution in [0.2, 0.25) is 0 Å². The Morgan fingerprint density at radius 1 is 1.30 bits per heavy atom. The molecule has 8 heteroatoms. The van der Waals surface area contributed by atoms with Crippen LogP contribution in [0.5, 0.6) is 0 Å². The number of hydrogen-bond donors (Lipinski definition) is 0. The molecule has 1 fully saturated rings. The summed E-state index contributed by atoms with van der Waals surface area (Å²) in [6, 6.07) is 8.40. The Kier molecular flexibility index (Phi) is 5.32. The van der Waals surface area contributed by atoms with Crippen molar-refractivity contribution < 1.29 is 17.9 Å². The van der Waals surface area contributed by atoms with Gasteiger partial charge >= 0.3 is 0 Å². The van der Waals surface area contributed by atoms with Crippen LogP contribution in [0.3, 0.4) is 0 Å². The minimum atomic E-state index is -3.55. The molecule has 1 aromatic carbocycles. The second kappa shape index (κ2) is 7.71. The highest BCUT2D eigenvalue weighted by Crippen LogP contribution is 2.39. The molecule has 0 aliphatic carbocycles. The Hall–Kier alpha value is -1.74. The largest absolute Gasteiger partial charge is 0.383 e. The van der Waals surface area contributed by atoms with Crippen molar-refractivity contribution in [3.63, 3.8) is 0 Å². The molecule has 1 atom stereocenters. The molecule has 1 aromatic heterocycles. The number of aromatic nitrogens is 2. The van der Waals surface area contributed by atoms with Crippen LogP contribution in [0.1, 0.15) is 35.8 Å². The van der Waals surface area contributed by atoms with Crippen LogP contribution in [-0.2, 0) is 39.1 Å². The maximum absolute atomic E-state index is 13.2. The van der Waals surface area contributed by atoms with Gasteiger partial charge in [-0.3, -0.25) is 4.68 Å². The van der Waals surface area contributed by atoms with E-state index in [1.807, 2.05) is 10.7 Å². The third kappa shape index (κ3) is 3.42. The fourth-order valence-electron chi connectivity index (χ4n) is 3.99. The van der Waals surface area contributed by atoms with Gasteiger partial charge in [-0.25, -0.2) is 8.42 Å². The summed E-state index contributed by atoms with van der Waals surface area (Å²) in [5.74, 6) is 0. The molecule has 146 valence electrons. The first-order chi connectivity index (χ1) is 13.1. The molecular formula is C19H25N3O4S. The molecule has 0 amide bonds. The van der Waals surface area contributed by atoms with Gasteiger partial charge in [0, 0.05) is 31.3 Å². The Bertz CT molecular complexity index is 895. The molecule has 7 nitrogen and oxygen atoms in total. The summed E-state index contributed by atoms with van der Waals surface area (Å²) in [7, 11) is -1.88. The highest BCUT2D eigenvalue weighted by molar-refractivity contribution is 7.89. The Morgan fingerprint density at radius 3 is 2.89 bits per heavy atom. The first-order valence-corrected chi connectivity index (χ1v) is 10.8. The van der Waals surface area contributed by atoms with E-state index in [9.17, 15) is 8.42 Å². The first kappa shape index (κ1) is 18.6. The summed E-state index contributed by atoms with van der Waals surface area (Å²) < 4.78 is 40.9. The van der Waals surface area contributed by atoms with Crippen molar-refractivity contribution in [1.29, 1.82) is 0 Å². The van der Waals surface area contributed by atoms with Gasteiger partial charge in [0.15, 0.2) is 0 Å². The highest BCUT2D eigenvalue weighted by Gasteiger charge is 2.39. The van der Waals surface area contributed by atoms with E-state index in [1.54, 1.807) is 35.7 Å². The SMILES string of the molecule is COCCn1nc(C2CCCN2S(=O)(=O)c2ccccc2)c2c1CCOC2. The monoisotopic (exact) mass is 391 g/mol. The van der Waals surface area contributed by atoms with Gasteiger partial charge in [-0.05, 0) is 25.0 Å². The van der Waals surface area contributed by atoms with Crippen LogP contribution in [0.15, 0.2) is 35.2 Å². The van der Waals surface area contributed by atoms with Gasteiger partial charge in [0.1, 0.15) is 0 Å². The number of hydrogen-bond acceptors (Lipinski definition) is 5. The normalized spacial score (nSPS) is 20.7. The van der Waals surface area contributed by atoms with Crippen molar-refractivity contribution >= 4 is 10.0 Å². The molecule has 2 aliphatic heterocycles. The fourth-order valence-corrected chi connectivity index (χ4v) is 5.68. The van der Waals surface area contributed by atoms with Crippen molar-refractivity contribution in [2.45, 2.75) is 43.4 Å². The van der Waals surface area contributed by atoms with Crippen LogP contribution < -0.4 is 0 Å². The molecule has 1 unspecified atom stereocenters. The number of nitrogens with zero attached hydrogens (tertiary/aromatic N) is 3. The zero-order valence-electron chi connectivity index (χ0n) is 15.5. The molecular weight excluding hydrogens is 366 g/mol. The van der Waals surface area contributed by atoms with Crippen molar-refractivity contribution in [3.05, 3.63) is 47.3 Å². The molecule has 0 radical (unpaired) electrons. The van der Waals surface area contributed by atoms with Crippen LogP contribution in [0.4, 0.5) is 0 Å². The molecule has 4 rings (SSSR count). The first-order valence-electron chi connectivity index (χ1n) is 9.35. The second-order valence-corrected chi connectivity index (χ2v) is 8.81. The van der Waals surface area contributed by atoms with Crippen LogP contribution in [0, 0.1) is 0 Å². The van der Waals surface area contributed by atoms with Gasteiger partial charge in [0.25, 0.3) is 0 Å². The van der Waals surface area contributed by atoms with Gasteiger partial charge in [-0.1, -0.05) is 18.2 Å². The minimum absolute atomic E-state index is 0.241. The second-order valence-electron chi connectivity index (χ2n) is 6.92. The predicted octanol–water partition coefficient (Wildman–Crippen LogP) is 2.13. The van der Waals surface area contributed by atoms with E-state index in [2.05, 4.69) is 0 Å². The lowest BCUT2D eigenvalue weighted by Gasteiger charge is -2.24. The topological polar surface area (TPSA) is 73.7 Å². The van der Waals surface area contributed by atoms with Crippen LogP contribution in [-0.4, -0.2) is 49.4 Å². The van der Waals surface area contributed by atoms with E-state index >= 15 is 0 Å². The standard InChI is InChI=1S/C19H25N3O4S/c1-25-13-11-21-17-9-12-26-14-16(17)19(20-21)18-8-5-10-22(18)27(23,24)15-6-3-2-4-7-15/h2-4,6-7,18H,5,8-14H2,1H3. The van der Waals surface area contributed by atoms with Crippen molar-refractivity contribution in [2.75, 3.05) is 26.9 Å². The maximum atomic E-state index is 13.2. The van der Waals surface area contributed by atoms with E-state index in [0.29, 0.717) is 37.8 Å². The average Bonchev–Trinajstić information content (AvgIpc) is 3.32. The van der Waals surface area contributed by atoms with E-state index in [1.165, 1.54) is 0 Å². The van der Waals surface area contributed by atoms with E-state index in [0.717, 1.165) is 36.2 Å². The van der Waals surface area contributed by atoms with E-state index < -0.39 is 10.0 Å². The summed E-state index contributed by atoms with van der Waals surface area (Å²) >= 11 is 0. The van der Waals surface area contributed by atoms with Crippen LogP contribution in [0.25, 0.3) is 0 Å². The lowest BCUT2D eigenvalue weighted by molar-refractivity contribution is 0.106. The van der Waals surface area contributed by atoms with E-state index in [4.69, 9.17) is 14.6 Å². The van der Waals surface area contributed by atoms with E-state index in [-0.39, 0.29) is 6.04 Å². The number of fused-ring (bicyclic) bond motifs is 1. The minimum Gasteiger partial charge on any atom is -0.383 e. The molecule has 1 saturated heterocycles. The number of sulfonamides is 1. The summed E-state index contributed by atoms with van der Waals surface area (Å²) in [5, 5.41) is 4.82. The number of ether oxygens (including phenoxy) is 2. The summed E-state index contributed by atoms with van der Waals surface area (Å²) in [6.07, 6.45) is 2.40. The molecule has 2 aromatic rings. The molecule has 2 aliphatic rings. The zero-order valence-corrected chi connectivity index (χ0v) is 16.3. The summed E-state index contributed by atoms with van der Waals surface area (Å²) in [4.78, 5) is 0.334. The van der Waals surface area contributed by atoms with Gasteiger partial charge in [-0.2, -0.15) is 9.40 Å². The molecule has 0 spiro atoms. The molecule has 0 N–H and O–H groups in total. The lowest BCUT2D eigenvalue weighted by atomic mass is 10.0. The third-order valence-electron chi connectivity index (χ3n) is 5.30. The molecule has 0 bridgehead atoms. The van der Waals surface area contributed by atoms with Gasteiger partial charge in [0.05, 0.1) is 43.0 Å². The van der Waals surface area contributed by atoms with Crippen molar-refractivity contribution in [1.82, 2.24) is 14.1 Å². The fraction of sp³-hybridized carbons (Fsp3) is 0.526. The average molecular weight is 391 g/mol. The highest BCUT2D eigenvalue weighted by atomic mass is 32.2. The Labute approximate surface area is 159 Å². The zero-order chi connectivity index (χ0) is 18.9. The van der Waals surface area contributed by atoms with Crippen LogP contribution >= 0.6 is 0 Å². The Balaban J connectivity index is 1.71. The summed E-state index contributed by atoms with van der Waals surface area (Å²) in [5.41, 5.74) is 3.05. The smallest absolute Gasteiger partial charge is 0.243 e. The Morgan fingerprint density at radius 2 is 2.11 bits per heavy atom. The van der Waals surface area contributed by atoms with Gasteiger partial charge < -0.3 is 9.47 Å². The maximum Gasteiger partial charge on any atom is 0.243 e. The lowest BCUT2D eigenvalue weighted by Crippen LogP contribution is -2.31. The number of benzene rings is 1. The molecule has 3 heterocycles. The predicted molar refractivity (Wildman–Crippen MR) is 99.8 cm³/mol. The van der Waals surface area contributed by atoms with Gasteiger partial charge in [0.2, 0.25) is 10.0 Å². The summed E-state index contributed by atoms with van der Waals surface area (Å²) in [6.45, 7) is 2.92. The van der Waals surface area contributed by atoms with Crippen molar-refractivity contribution in [2.24, 2.45) is 0 Å². The van der Waals surface area contributed by atoms with Gasteiger partial charge in [-0.15, -0.1) is 0 Å². The number of methoxy groups -OCH3 is 1. The number of rotatable bonds is 6. The molecule has 27 heavy (non-hydrogen) atoms. The third-order valence-corrected chi connectivity index (χ3v) is 7.23. The van der Waals surface area contributed by atoms with Crippen molar-refractivity contribution in [3.8, 4) is 0 Å². The quantitative estimate of drug-likeness (QED) is 0.754. The molecule has 0 saturated carbocycles.